The molecule has 1 fully saturated rings. The second-order valence-electron chi connectivity index (χ2n) is 7.43. The van der Waals surface area contributed by atoms with Crippen molar-refractivity contribution in [3.05, 3.63) is 89.5 Å². The quantitative estimate of drug-likeness (QED) is 0.588. The lowest BCUT2D eigenvalue weighted by Crippen LogP contribution is -2.15. The Morgan fingerprint density at radius 1 is 0.935 bits per heavy atom. The number of nitrogens with one attached hydrogen (secondary N) is 2. The highest BCUT2D eigenvalue weighted by Gasteiger charge is 2.29. The second-order valence-corrected chi connectivity index (χ2v) is 7.43. The average Bonchev–Trinajstić information content (AvgIpc) is 3.64. The van der Waals surface area contributed by atoms with E-state index in [9.17, 15) is 9.59 Å². The van der Waals surface area contributed by atoms with Gasteiger partial charge in [-0.1, -0.05) is 24.3 Å². The van der Waals surface area contributed by atoms with Gasteiger partial charge in [-0.25, -0.2) is 0 Å². The molecule has 4 rings (SSSR count). The fourth-order valence-corrected chi connectivity index (χ4v) is 3.09. The summed E-state index contributed by atoms with van der Waals surface area (Å²) >= 11 is 0. The van der Waals surface area contributed by atoms with Gasteiger partial charge >= 0.3 is 0 Å². The monoisotopic (exact) mass is 411 g/mol. The van der Waals surface area contributed by atoms with Crippen LogP contribution in [0, 0.1) is 17.2 Å². The normalized spacial score (nSPS) is 12.5. The van der Waals surface area contributed by atoms with Gasteiger partial charge in [0, 0.05) is 28.9 Å². The van der Waals surface area contributed by atoms with Gasteiger partial charge < -0.3 is 15.4 Å². The van der Waals surface area contributed by atoms with Gasteiger partial charge in [0.25, 0.3) is 5.91 Å². The maximum Gasteiger partial charge on any atom is 0.255 e. The van der Waals surface area contributed by atoms with Gasteiger partial charge in [-0.3, -0.25) is 9.59 Å². The molecule has 2 N–H and O–H groups in total. The molecule has 31 heavy (non-hydrogen) atoms. The summed E-state index contributed by atoms with van der Waals surface area (Å²) in [5, 5.41) is 14.7. The van der Waals surface area contributed by atoms with E-state index in [1.807, 2.05) is 12.1 Å². The van der Waals surface area contributed by atoms with Crippen molar-refractivity contribution < 1.29 is 14.3 Å². The number of nitriles is 1. The van der Waals surface area contributed by atoms with Crippen LogP contribution in [0.2, 0.25) is 0 Å². The smallest absolute Gasteiger partial charge is 0.255 e. The van der Waals surface area contributed by atoms with Gasteiger partial charge in [-0.15, -0.1) is 0 Å². The zero-order valence-electron chi connectivity index (χ0n) is 16.8. The second kappa shape index (κ2) is 9.14. The summed E-state index contributed by atoms with van der Waals surface area (Å²) in [4.78, 5) is 24.6. The molecule has 0 unspecified atom stereocenters. The molecule has 2 amide bonds. The van der Waals surface area contributed by atoms with Crippen molar-refractivity contribution in [1.82, 2.24) is 0 Å². The van der Waals surface area contributed by atoms with Crippen LogP contribution in [0.1, 0.15) is 34.3 Å². The van der Waals surface area contributed by atoms with E-state index in [2.05, 4.69) is 16.7 Å². The molecule has 0 atom stereocenters. The number of benzene rings is 3. The maximum atomic E-state index is 12.7. The first-order valence-electron chi connectivity index (χ1n) is 10.0. The van der Waals surface area contributed by atoms with Crippen LogP contribution >= 0.6 is 0 Å². The summed E-state index contributed by atoms with van der Waals surface area (Å²) in [6.45, 7) is 0.315. The van der Waals surface area contributed by atoms with E-state index >= 15 is 0 Å². The molecule has 3 aromatic carbocycles. The van der Waals surface area contributed by atoms with Crippen LogP contribution in [0.15, 0.2) is 72.8 Å². The van der Waals surface area contributed by atoms with Gasteiger partial charge in [0.05, 0.1) is 11.6 Å². The topological polar surface area (TPSA) is 91.2 Å². The number of rotatable bonds is 7. The average molecular weight is 411 g/mol. The first-order chi connectivity index (χ1) is 15.1. The summed E-state index contributed by atoms with van der Waals surface area (Å²) in [6, 6.07) is 23.3. The van der Waals surface area contributed by atoms with Crippen molar-refractivity contribution in [2.24, 2.45) is 5.92 Å². The molecule has 0 saturated heterocycles. The standard InChI is InChI=1S/C25H21N3O3/c26-15-17-4-1-5-18(12-17)16-31-23-9-3-8-22(14-23)28-25(30)20-6-2-7-21(13-20)27-24(29)19-10-11-19/h1-9,12-14,19H,10-11,16H2,(H,27,29)(H,28,30). The minimum Gasteiger partial charge on any atom is -0.489 e. The molecule has 0 bridgehead atoms. The maximum absolute atomic E-state index is 12.7. The number of hydrogen-bond acceptors (Lipinski definition) is 4. The van der Waals surface area contributed by atoms with Crippen molar-refractivity contribution in [3.63, 3.8) is 0 Å². The highest BCUT2D eigenvalue weighted by molar-refractivity contribution is 6.05. The summed E-state index contributed by atoms with van der Waals surface area (Å²) in [5.74, 6) is 0.428. The molecule has 0 radical (unpaired) electrons. The lowest BCUT2D eigenvalue weighted by molar-refractivity contribution is -0.117. The van der Waals surface area contributed by atoms with Crippen LogP contribution in [0.4, 0.5) is 11.4 Å². The van der Waals surface area contributed by atoms with E-state index in [0.29, 0.717) is 34.9 Å². The minimum atomic E-state index is -0.276. The van der Waals surface area contributed by atoms with Crippen molar-refractivity contribution in [3.8, 4) is 11.8 Å². The first kappa shape index (κ1) is 20.2. The van der Waals surface area contributed by atoms with Gasteiger partial charge in [0.15, 0.2) is 0 Å². The summed E-state index contributed by atoms with van der Waals surface area (Å²) in [5.41, 5.74) is 3.13. The van der Waals surface area contributed by atoms with Gasteiger partial charge in [-0.05, 0) is 60.9 Å². The fraction of sp³-hybridized carbons (Fsp3) is 0.160. The van der Waals surface area contributed by atoms with E-state index in [0.717, 1.165) is 18.4 Å². The molecule has 0 heterocycles. The van der Waals surface area contributed by atoms with E-state index in [4.69, 9.17) is 10.00 Å². The van der Waals surface area contributed by atoms with Crippen molar-refractivity contribution in [2.45, 2.75) is 19.4 Å². The SMILES string of the molecule is N#Cc1cccc(COc2cccc(NC(=O)c3cccc(NC(=O)C4CC4)c3)c2)c1. The molecule has 154 valence electrons. The Bertz CT molecular complexity index is 1160. The molecule has 6 heteroatoms. The zero-order chi connectivity index (χ0) is 21.6. The number of carbonyl (C=O) groups excluding carboxylic acids is 2. The van der Waals surface area contributed by atoms with Crippen LogP contribution in [0.25, 0.3) is 0 Å². The molecule has 3 aromatic rings. The Hall–Kier alpha value is -4.11. The predicted molar refractivity (Wildman–Crippen MR) is 118 cm³/mol. The largest absolute Gasteiger partial charge is 0.489 e. The number of carbonyl (C=O) groups is 2. The van der Waals surface area contributed by atoms with Gasteiger partial charge in [-0.2, -0.15) is 5.26 Å². The molecule has 1 saturated carbocycles. The molecule has 1 aliphatic rings. The van der Waals surface area contributed by atoms with Crippen LogP contribution in [-0.4, -0.2) is 11.8 Å². The third-order valence-electron chi connectivity index (χ3n) is 4.89. The van der Waals surface area contributed by atoms with Crippen molar-refractivity contribution in [1.29, 1.82) is 5.26 Å². The fourth-order valence-electron chi connectivity index (χ4n) is 3.09. The van der Waals surface area contributed by atoms with Crippen LogP contribution in [-0.2, 0) is 11.4 Å². The number of amides is 2. The van der Waals surface area contributed by atoms with Gasteiger partial charge in [0.1, 0.15) is 12.4 Å². The van der Waals surface area contributed by atoms with E-state index in [1.54, 1.807) is 60.7 Å². The Morgan fingerprint density at radius 2 is 1.68 bits per heavy atom. The summed E-state index contributed by atoms with van der Waals surface area (Å²) in [6.07, 6.45) is 1.85. The third kappa shape index (κ3) is 5.49. The number of anilines is 2. The van der Waals surface area contributed by atoms with E-state index in [-0.39, 0.29) is 17.7 Å². The Labute approximate surface area is 180 Å². The Morgan fingerprint density at radius 3 is 2.45 bits per heavy atom. The zero-order valence-corrected chi connectivity index (χ0v) is 16.8. The molecule has 0 aliphatic heterocycles. The predicted octanol–water partition coefficient (Wildman–Crippen LogP) is 4.74. The summed E-state index contributed by atoms with van der Waals surface area (Å²) < 4.78 is 5.80. The molecule has 0 aromatic heterocycles. The van der Waals surface area contributed by atoms with E-state index in [1.165, 1.54) is 0 Å². The lowest BCUT2D eigenvalue weighted by atomic mass is 10.1. The van der Waals surface area contributed by atoms with Crippen LogP contribution in [0.3, 0.4) is 0 Å². The van der Waals surface area contributed by atoms with Crippen molar-refractivity contribution >= 4 is 23.2 Å². The highest BCUT2D eigenvalue weighted by atomic mass is 16.5. The van der Waals surface area contributed by atoms with Crippen molar-refractivity contribution in [2.75, 3.05) is 10.6 Å². The molecule has 1 aliphatic carbocycles. The number of hydrogen-bond donors (Lipinski definition) is 2. The Kier molecular flexibility index (Phi) is 5.95. The molecule has 0 spiro atoms. The molecular weight excluding hydrogens is 390 g/mol. The molecule has 6 nitrogen and oxygen atoms in total. The minimum absolute atomic E-state index is 0.00251. The highest BCUT2D eigenvalue weighted by Crippen LogP contribution is 2.30. The lowest BCUT2D eigenvalue weighted by Gasteiger charge is -2.10. The Balaban J connectivity index is 1.38. The number of nitrogens with zero attached hydrogens (tertiary/aromatic N) is 1. The van der Waals surface area contributed by atoms with E-state index < -0.39 is 0 Å². The summed E-state index contributed by atoms with van der Waals surface area (Å²) in [7, 11) is 0. The van der Waals surface area contributed by atoms with Crippen LogP contribution in [0.5, 0.6) is 5.75 Å². The third-order valence-corrected chi connectivity index (χ3v) is 4.89. The van der Waals surface area contributed by atoms with Crippen LogP contribution < -0.4 is 15.4 Å². The van der Waals surface area contributed by atoms with Gasteiger partial charge in [0.2, 0.25) is 5.91 Å². The number of ether oxygens (including phenoxy) is 1. The first-order valence-corrected chi connectivity index (χ1v) is 10.0. The molecular formula is C25H21N3O3.